The lowest BCUT2D eigenvalue weighted by molar-refractivity contribution is 0.504. The highest BCUT2D eigenvalue weighted by Crippen LogP contribution is 2.17. The lowest BCUT2D eigenvalue weighted by Gasteiger charge is -2.21. The van der Waals surface area contributed by atoms with Crippen LogP contribution in [0.2, 0.25) is 0 Å². The number of rotatable bonds is 3. The normalized spacial score (nSPS) is 20.4. The molecule has 0 radical (unpaired) electrons. The molecule has 1 atom stereocenters. The van der Waals surface area contributed by atoms with Crippen LogP contribution in [-0.4, -0.2) is 26.9 Å². The molecule has 0 saturated carbocycles. The molecule has 1 saturated heterocycles. The number of aryl methyl sites for hydroxylation is 1. The van der Waals surface area contributed by atoms with Crippen molar-refractivity contribution in [1.29, 1.82) is 0 Å². The van der Waals surface area contributed by atoms with Gasteiger partial charge in [0.2, 0.25) is 0 Å². The molecular weight excluding hydrogens is 242 g/mol. The Balaban J connectivity index is 1.69. The van der Waals surface area contributed by atoms with Crippen molar-refractivity contribution in [3.63, 3.8) is 0 Å². The van der Waals surface area contributed by atoms with Crippen molar-refractivity contribution >= 4 is 17.4 Å². The molecule has 1 fully saturated rings. The largest absolute Gasteiger partial charge is 0.307 e. The maximum absolute atomic E-state index is 4.69. The van der Waals surface area contributed by atoms with E-state index in [-0.39, 0.29) is 0 Å². The summed E-state index contributed by atoms with van der Waals surface area (Å²) in [5, 5.41) is 3.62. The second kappa shape index (κ2) is 5.33. The number of nitrogens with one attached hydrogen (secondary N) is 1. The number of fused-ring (bicyclic) bond motifs is 1. The molecule has 0 aliphatic carbocycles. The van der Waals surface area contributed by atoms with E-state index in [0.717, 1.165) is 17.9 Å². The average Bonchev–Trinajstić information content (AvgIpc) is 2.82. The van der Waals surface area contributed by atoms with Crippen LogP contribution in [0.25, 0.3) is 5.65 Å². The third-order valence-corrected chi connectivity index (χ3v) is 4.68. The predicted octanol–water partition coefficient (Wildman–Crippen LogP) is 2.63. The first-order chi connectivity index (χ1) is 8.83. The molecule has 0 spiro atoms. The standard InChI is InChI=1S/C14H19N3S/c1-11-4-2-6-17-9-13(16-14(11)17)8-15-12-5-3-7-18-10-12/h2,4,6,9,12,15H,3,5,7-8,10H2,1H3. The van der Waals surface area contributed by atoms with Crippen LogP contribution in [-0.2, 0) is 6.54 Å². The molecule has 2 aromatic heterocycles. The third-order valence-electron chi connectivity index (χ3n) is 3.46. The van der Waals surface area contributed by atoms with Crippen LogP contribution in [0.1, 0.15) is 24.1 Å². The van der Waals surface area contributed by atoms with Crippen LogP contribution in [0.4, 0.5) is 0 Å². The molecular formula is C14H19N3S. The molecule has 2 aromatic rings. The van der Waals surface area contributed by atoms with Gasteiger partial charge in [0.1, 0.15) is 5.65 Å². The summed E-state index contributed by atoms with van der Waals surface area (Å²) in [5.74, 6) is 2.57. The summed E-state index contributed by atoms with van der Waals surface area (Å²) in [4.78, 5) is 4.69. The minimum absolute atomic E-state index is 0.662. The highest BCUT2D eigenvalue weighted by Gasteiger charge is 2.13. The van der Waals surface area contributed by atoms with Crippen molar-refractivity contribution < 1.29 is 0 Å². The maximum Gasteiger partial charge on any atom is 0.139 e. The van der Waals surface area contributed by atoms with E-state index in [1.54, 1.807) is 0 Å². The van der Waals surface area contributed by atoms with Gasteiger partial charge in [-0.15, -0.1) is 0 Å². The van der Waals surface area contributed by atoms with Crippen LogP contribution < -0.4 is 5.32 Å². The molecule has 3 heterocycles. The van der Waals surface area contributed by atoms with Crippen molar-refractivity contribution in [1.82, 2.24) is 14.7 Å². The molecule has 3 rings (SSSR count). The fourth-order valence-electron chi connectivity index (χ4n) is 2.44. The van der Waals surface area contributed by atoms with E-state index in [0.29, 0.717) is 6.04 Å². The number of imidazole rings is 1. The molecule has 1 aliphatic rings. The zero-order chi connectivity index (χ0) is 12.4. The van der Waals surface area contributed by atoms with Crippen molar-refractivity contribution in [2.45, 2.75) is 32.4 Å². The zero-order valence-electron chi connectivity index (χ0n) is 10.7. The Morgan fingerprint density at radius 3 is 3.28 bits per heavy atom. The zero-order valence-corrected chi connectivity index (χ0v) is 11.5. The van der Waals surface area contributed by atoms with Crippen molar-refractivity contribution in [3.8, 4) is 0 Å². The second-order valence-electron chi connectivity index (χ2n) is 4.95. The summed E-state index contributed by atoms with van der Waals surface area (Å²) >= 11 is 2.06. The maximum atomic E-state index is 4.69. The fourth-order valence-corrected chi connectivity index (χ4v) is 3.55. The molecule has 96 valence electrons. The van der Waals surface area contributed by atoms with Gasteiger partial charge in [0, 0.05) is 30.7 Å². The summed E-state index contributed by atoms with van der Waals surface area (Å²) in [6.45, 7) is 2.99. The summed E-state index contributed by atoms with van der Waals surface area (Å²) in [5.41, 5.74) is 3.45. The van der Waals surface area contributed by atoms with Gasteiger partial charge < -0.3 is 9.72 Å². The van der Waals surface area contributed by atoms with Gasteiger partial charge in [0.15, 0.2) is 0 Å². The lowest BCUT2D eigenvalue weighted by atomic mass is 10.2. The van der Waals surface area contributed by atoms with E-state index in [1.807, 2.05) is 0 Å². The Bertz CT molecular complexity index is 529. The molecule has 0 aromatic carbocycles. The number of thioether (sulfide) groups is 1. The summed E-state index contributed by atoms with van der Waals surface area (Å²) in [6, 6.07) is 4.84. The van der Waals surface area contributed by atoms with Crippen LogP contribution in [0.15, 0.2) is 24.5 Å². The van der Waals surface area contributed by atoms with Crippen molar-refractivity contribution in [2.75, 3.05) is 11.5 Å². The van der Waals surface area contributed by atoms with Crippen LogP contribution in [0.5, 0.6) is 0 Å². The van der Waals surface area contributed by atoms with E-state index in [9.17, 15) is 0 Å². The molecule has 0 bridgehead atoms. The summed E-state index contributed by atoms with van der Waals surface area (Å²) < 4.78 is 2.11. The highest BCUT2D eigenvalue weighted by atomic mass is 32.2. The second-order valence-corrected chi connectivity index (χ2v) is 6.10. The van der Waals surface area contributed by atoms with Gasteiger partial charge in [-0.2, -0.15) is 11.8 Å². The van der Waals surface area contributed by atoms with E-state index in [1.165, 1.54) is 29.9 Å². The Kier molecular flexibility index (Phi) is 3.57. The smallest absolute Gasteiger partial charge is 0.139 e. The van der Waals surface area contributed by atoms with Gasteiger partial charge in [-0.1, -0.05) is 6.07 Å². The van der Waals surface area contributed by atoms with E-state index >= 15 is 0 Å². The molecule has 1 unspecified atom stereocenters. The summed E-state index contributed by atoms with van der Waals surface area (Å²) in [6.07, 6.45) is 6.84. The SMILES string of the molecule is Cc1cccn2cc(CNC3CCCSC3)nc12. The molecule has 4 heteroatoms. The molecule has 18 heavy (non-hydrogen) atoms. The van der Waals surface area contributed by atoms with E-state index in [2.05, 4.69) is 52.9 Å². The third kappa shape index (κ3) is 2.54. The Morgan fingerprint density at radius 2 is 2.50 bits per heavy atom. The summed E-state index contributed by atoms with van der Waals surface area (Å²) in [7, 11) is 0. The number of aromatic nitrogens is 2. The number of hydrogen-bond acceptors (Lipinski definition) is 3. The minimum atomic E-state index is 0.662. The topological polar surface area (TPSA) is 29.3 Å². The quantitative estimate of drug-likeness (QED) is 0.921. The Morgan fingerprint density at radius 1 is 1.56 bits per heavy atom. The number of pyridine rings is 1. The van der Waals surface area contributed by atoms with E-state index in [4.69, 9.17) is 4.98 Å². The van der Waals surface area contributed by atoms with Crippen LogP contribution in [0.3, 0.4) is 0 Å². The monoisotopic (exact) mass is 261 g/mol. The minimum Gasteiger partial charge on any atom is -0.307 e. The Hall–Kier alpha value is -1.00. The van der Waals surface area contributed by atoms with Crippen molar-refractivity contribution in [3.05, 3.63) is 35.8 Å². The molecule has 1 aliphatic heterocycles. The predicted molar refractivity (Wildman–Crippen MR) is 77.1 cm³/mol. The van der Waals surface area contributed by atoms with Crippen LogP contribution >= 0.6 is 11.8 Å². The first-order valence-electron chi connectivity index (χ1n) is 6.57. The average molecular weight is 261 g/mol. The molecule has 3 nitrogen and oxygen atoms in total. The van der Waals surface area contributed by atoms with Crippen LogP contribution in [0, 0.1) is 6.92 Å². The van der Waals surface area contributed by atoms with Gasteiger partial charge in [0.05, 0.1) is 5.69 Å². The fraction of sp³-hybridized carbons (Fsp3) is 0.500. The number of hydrogen-bond donors (Lipinski definition) is 1. The van der Waals surface area contributed by atoms with Gasteiger partial charge in [0.25, 0.3) is 0 Å². The van der Waals surface area contributed by atoms with E-state index < -0.39 is 0 Å². The first kappa shape index (κ1) is 12.1. The Labute approximate surface area is 112 Å². The highest BCUT2D eigenvalue weighted by molar-refractivity contribution is 7.99. The number of nitrogens with zero attached hydrogens (tertiary/aromatic N) is 2. The lowest BCUT2D eigenvalue weighted by Crippen LogP contribution is -2.33. The van der Waals surface area contributed by atoms with Gasteiger partial charge in [-0.25, -0.2) is 4.98 Å². The van der Waals surface area contributed by atoms with Crippen molar-refractivity contribution in [2.24, 2.45) is 0 Å². The van der Waals surface area contributed by atoms with Gasteiger partial charge >= 0.3 is 0 Å². The molecule has 0 amide bonds. The molecule has 1 N–H and O–H groups in total. The van der Waals surface area contributed by atoms with Gasteiger partial charge in [-0.3, -0.25) is 0 Å². The van der Waals surface area contributed by atoms with Gasteiger partial charge in [-0.05, 0) is 37.1 Å². The first-order valence-corrected chi connectivity index (χ1v) is 7.73.